The van der Waals surface area contributed by atoms with Crippen LogP contribution in [0.3, 0.4) is 0 Å². The topological polar surface area (TPSA) is 618 Å². The lowest BCUT2D eigenvalue weighted by Crippen LogP contribution is -2.60. The molecule has 18 amide bonds. The van der Waals surface area contributed by atoms with Crippen molar-refractivity contribution >= 4 is 106 Å². The molecular weight excluding hydrogens is 1530 g/mol. The third-order valence-corrected chi connectivity index (χ3v) is 18.3. The highest BCUT2D eigenvalue weighted by Crippen LogP contribution is 2.15. The van der Waals surface area contributed by atoms with Crippen molar-refractivity contribution in [3.8, 4) is 0 Å². The zero-order valence-corrected chi connectivity index (χ0v) is 70.5. The standard InChI is InChI=1S/C80H130N20O18/c1-42(2)31-55(68(85)106)94-75(113)53(27-21-22-30-81)91-64(103)39-86-73(111)57(33-44(5)6)98-77(115)58(34-45(7)8)95-70(108)49(14)90-76(114)61(38-63(84)102)99-78(116)59(35-46(9)10)96-69(107)48(13)89-74(112)54(28-29-62(83)101)92-65(104)41-88-80(118)67(47(11)12)100-79(117)60(37-51-25-19-16-20-26-51)93-66(105)40-87-72(110)56(32-43(3)4)97-71(109)52(82)36-50-23-17-15-18-24-50/h15-20,23-26,42-49,52-61,67H,21-22,27-41,81-82H2,1-14H3,(H2,83,101)(H2,84,102)(H2,85,106)(H,86,111)(H,87,110)(H,88,118)(H,89,112)(H,90,114)(H,91,103)(H,92,104)(H,93,105)(H,94,113)(H,95,108)(H,96,107)(H,97,109)(H,98,115)(H,99,116)(H,100,117)/t48-,49-,52-,53-,54-,55-,56-,57-,58-,59-,60-,61-,67-/m0/s1. The Labute approximate surface area is 690 Å². The molecule has 38 nitrogen and oxygen atoms in total. The molecule has 2 aromatic carbocycles. The number of nitrogens with one attached hydrogen (secondary N) is 15. The normalized spacial score (nSPS) is 14.6. The smallest absolute Gasteiger partial charge is 0.243 e. The zero-order chi connectivity index (χ0) is 89.2. The van der Waals surface area contributed by atoms with E-state index in [2.05, 4.69) is 79.8 Å². The number of rotatable bonds is 55. The van der Waals surface area contributed by atoms with Crippen LogP contribution in [-0.2, 0) is 99.1 Å². The molecule has 0 radical (unpaired) electrons. The van der Waals surface area contributed by atoms with E-state index >= 15 is 0 Å². The Morgan fingerprint density at radius 2 is 0.644 bits per heavy atom. The van der Waals surface area contributed by atoms with E-state index in [1.807, 2.05) is 45.9 Å². The van der Waals surface area contributed by atoms with Gasteiger partial charge in [-0.2, -0.15) is 0 Å². The minimum absolute atomic E-state index is 0.00554. The largest absolute Gasteiger partial charge is 0.370 e. The van der Waals surface area contributed by atoms with Gasteiger partial charge in [-0.15, -0.1) is 0 Å². The van der Waals surface area contributed by atoms with Crippen molar-refractivity contribution in [2.24, 2.45) is 64.2 Å². The van der Waals surface area contributed by atoms with Crippen LogP contribution in [0.15, 0.2) is 60.7 Å². The molecule has 118 heavy (non-hydrogen) atoms. The van der Waals surface area contributed by atoms with Crippen LogP contribution in [0.5, 0.6) is 0 Å². The SMILES string of the molecule is CC(C)C[C@H](NC(=O)[C@H](CCCCN)NC(=O)CNC(=O)[C@H](CC(C)C)NC(=O)[C@H](CC(C)C)NC(=O)[C@H](C)NC(=O)[C@H](CC(N)=O)NC(=O)[C@H](CC(C)C)NC(=O)[C@H](C)NC(=O)[C@H](CCC(N)=O)NC(=O)CNC(=O)[C@@H](NC(=O)[C@H](Cc1ccccc1)NC(=O)CNC(=O)[C@H](CC(C)C)NC(=O)[C@@H](N)Cc1ccccc1)C(C)C)C(N)=O. The van der Waals surface area contributed by atoms with E-state index in [1.165, 1.54) is 13.8 Å². The lowest BCUT2D eigenvalue weighted by atomic mass is 9.99. The number of primary amides is 3. The zero-order valence-electron chi connectivity index (χ0n) is 70.5. The summed E-state index contributed by atoms with van der Waals surface area (Å²) < 4.78 is 0. The van der Waals surface area contributed by atoms with Crippen LogP contribution in [0.1, 0.15) is 179 Å². The molecule has 38 heteroatoms. The first-order valence-corrected chi connectivity index (χ1v) is 40.1. The fraction of sp³-hybridized carbons (Fsp3) is 0.625. The highest BCUT2D eigenvalue weighted by atomic mass is 16.2. The van der Waals surface area contributed by atoms with Gasteiger partial charge in [0.2, 0.25) is 106 Å². The summed E-state index contributed by atoms with van der Waals surface area (Å²) in [5.41, 5.74) is 29.8. The summed E-state index contributed by atoms with van der Waals surface area (Å²) in [6, 6.07) is 0.411. The molecule has 0 aliphatic carbocycles. The second-order valence-corrected chi connectivity index (χ2v) is 32.1. The van der Waals surface area contributed by atoms with Crippen LogP contribution < -0.4 is 108 Å². The molecule has 0 saturated carbocycles. The average molecular weight is 1660 g/mol. The summed E-state index contributed by atoms with van der Waals surface area (Å²) in [5.74, 6) is -17.0. The summed E-state index contributed by atoms with van der Waals surface area (Å²) in [7, 11) is 0. The average Bonchev–Trinajstić information content (AvgIpc) is 0.861. The number of hydrogen-bond donors (Lipinski definition) is 20. The number of hydrogen-bond acceptors (Lipinski definition) is 20. The Hall–Kier alpha value is -11.2. The van der Waals surface area contributed by atoms with Crippen molar-refractivity contribution in [1.29, 1.82) is 0 Å². The molecule has 0 saturated heterocycles. The molecule has 658 valence electrons. The Balaban J connectivity index is 2.22. The van der Waals surface area contributed by atoms with Crippen LogP contribution in [0.4, 0.5) is 0 Å². The number of carbonyl (C=O) groups is 18. The lowest BCUT2D eigenvalue weighted by Gasteiger charge is -2.27. The molecule has 0 fully saturated rings. The number of benzene rings is 2. The van der Waals surface area contributed by atoms with E-state index in [4.69, 9.17) is 28.7 Å². The van der Waals surface area contributed by atoms with E-state index in [0.29, 0.717) is 24.9 Å². The molecule has 0 aliphatic heterocycles. The maximum Gasteiger partial charge on any atom is 0.243 e. The van der Waals surface area contributed by atoms with Crippen LogP contribution >= 0.6 is 0 Å². The molecule has 13 atom stereocenters. The summed E-state index contributed by atoms with van der Waals surface area (Å²) in [6.07, 6.45) is -0.0326. The Kier molecular flexibility index (Phi) is 46.4. The number of amides is 18. The Morgan fingerprint density at radius 3 is 1.04 bits per heavy atom. The first-order chi connectivity index (χ1) is 55.3. The highest BCUT2D eigenvalue weighted by Gasteiger charge is 2.37. The Bertz CT molecular complexity index is 3700. The predicted molar refractivity (Wildman–Crippen MR) is 438 cm³/mol. The van der Waals surface area contributed by atoms with E-state index < -0.39 is 230 Å². The molecule has 2 rings (SSSR count). The van der Waals surface area contributed by atoms with Crippen molar-refractivity contribution in [3.63, 3.8) is 0 Å². The van der Waals surface area contributed by atoms with Crippen LogP contribution in [0.2, 0.25) is 0 Å². The van der Waals surface area contributed by atoms with E-state index in [1.54, 1.807) is 97.9 Å². The van der Waals surface area contributed by atoms with Gasteiger partial charge in [-0.25, -0.2) is 0 Å². The minimum atomic E-state index is -1.77. The molecule has 2 aromatic rings. The second-order valence-electron chi connectivity index (χ2n) is 32.1. The van der Waals surface area contributed by atoms with Crippen molar-refractivity contribution < 1.29 is 86.3 Å². The third kappa shape index (κ3) is 41.1. The molecule has 25 N–H and O–H groups in total. The fourth-order valence-corrected chi connectivity index (χ4v) is 12.1. The van der Waals surface area contributed by atoms with E-state index in [-0.39, 0.29) is 81.0 Å². The van der Waals surface area contributed by atoms with E-state index in [0.717, 1.165) is 5.56 Å². The maximum absolute atomic E-state index is 14.2. The monoisotopic (exact) mass is 1660 g/mol. The third-order valence-electron chi connectivity index (χ3n) is 18.3. The molecule has 0 bridgehead atoms. The van der Waals surface area contributed by atoms with Gasteiger partial charge in [0, 0.05) is 12.8 Å². The van der Waals surface area contributed by atoms with Gasteiger partial charge in [-0.3, -0.25) is 86.3 Å². The van der Waals surface area contributed by atoms with Gasteiger partial charge >= 0.3 is 0 Å². The molecule has 0 spiro atoms. The Morgan fingerprint density at radius 1 is 0.314 bits per heavy atom. The summed E-state index contributed by atoms with van der Waals surface area (Å²) in [6.45, 7) is 21.7. The first kappa shape index (κ1) is 103. The molecule has 0 heterocycles. The van der Waals surface area contributed by atoms with Gasteiger partial charge in [-0.05, 0) is 131 Å². The summed E-state index contributed by atoms with van der Waals surface area (Å²) in [5, 5.41) is 37.9. The number of unbranched alkanes of at least 4 members (excludes halogenated alkanes) is 1. The fourth-order valence-electron chi connectivity index (χ4n) is 12.1. The lowest BCUT2D eigenvalue weighted by molar-refractivity contribution is -0.136. The van der Waals surface area contributed by atoms with Crippen LogP contribution in [0.25, 0.3) is 0 Å². The van der Waals surface area contributed by atoms with Gasteiger partial charge in [0.25, 0.3) is 0 Å². The molecule has 0 aromatic heterocycles. The number of nitrogens with two attached hydrogens (primary N) is 5. The molecule has 0 unspecified atom stereocenters. The number of carbonyl (C=O) groups excluding carboxylic acids is 18. The van der Waals surface area contributed by atoms with Crippen LogP contribution in [0, 0.1) is 35.5 Å². The van der Waals surface area contributed by atoms with Gasteiger partial charge in [0.15, 0.2) is 0 Å². The van der Waals surface area contributed by atoms with Crippen molar-refractivity contribution in [2.45, 2.75) is 259 Å². The quantitative estimate of drug-likeness (QED) is 0.0288. The minimum Gasteiger partial charge on any atom is -0.370 e. The van der Waals surface area contributed by atoms with Gasteiger partial charge in [-0.1, -0.05) is 144 Å². The van der Waals surface area contributed by atoms with Crippen molar-refractivity contribution in [1.82, 2.24) is 79.8 Å². The molecule has 0 aliphatic rings. The van der Waals surface area contributed by atoms with Crippen molar-refractivity contribution in [3.05, 3.63) is 71.8 Å². The van der Waals surface area contributed by atoms with Gasteiger partial charge < -0.3 is 108 Å². The van der Waals surface area contributed by atoms with Crippen LogP contribution in [-0.4, -0.2) is 211 Å². The van der Waals surface area contributed by atoms with Crippen molar-refractivity contribution in [2.75, 3.05) is 26.2 Å². The van der Waals surface area contributed by atoms with Gasteiger partial charge in [0.1, 0.15) is 72.5 Å². The summed E-state index contributed by atoms with van der Waals surface area (Å²) >= 11 is 0. The van der Waals surface area contributed by atoms with E-state index in [9.17, 15) is 86.3 Å². The predicted octanol–water partition coefficient (Wildman–Crippen LogP) is -3.35. The maximum atomic E-state index is 14.2. The second kappa shape index (κ2) is 53.2. The highest BCUT2D eigenvalue weighted by molar-refractivity contribution is 6.01. The molecular formula is C80H130N20O18. The van der Waals surface area contributed by atoms with Gasteiger partial charge in [0.05, 0.1) is 32.1 Å². The summed E-state index contributed by atoms with van der Waals surface area (Å²) in [4.78, 5) is 243. The first-order valence-electron chi connectivity index (χ1n) is 40.1.